The second-order valence-electron chi connectivity index (χ2n) is 6.66. The summed E-state index contributed by atoms with van der Waals surface area (Å²) >= 11 is 0. The van der Waals surface area contributed by atoms with Crippen molar-refractivity contribution >= 4 is 5.52 Å². The standard InChI is InChI=1S/C21H22N2O/c24-21-15-19(14-20-8-4-5-11-23(20)21)18-9-12-22(13-10-18)16-17-6-2-1-3-7-17/h1-8,11,14-15,18H,9-10,12-13,16H2. The predicted octanol–water partition coefficient (Wildman–Crippen LogP) is 3.68. The van der Waals surface area contributed by atoms with Crippen LogP contribution in [0.5, 0.6) is 0 Å². The van der Waals surface area contributed by atoms with E-state index < -0.39 is 0 Å². The van der Waals surface area contributed by atoms with E-state index in [1.54, 1.807) is 4.40 Å². The van der Waals surface area contributed by atoms with Crippen molar-refractivity contribution in [3.8, 4) is 0 Å². The summed E-state index contributed by atoms with van der Waals surface area (Å²) in [5.41, 5.74) is 3.65. The molecule has 0 amide bonds. The maximum atomic E-state index is 12.3. The highest BCUT2D eigenvalue weighted by molar-refractivity contribution is 5.49. The van der Waals surface area contributed by atoms with E-state index in [0.29, 0.717) is 5.92 Å². The molecule has 1 aromatic carbocycles. The molecule has 3 nitrogen and oxygen atoms in total. The molecule has 0 atom stereocenters. The largest absolute Gasteiger partial charge is 0.299 e. The van der Waals surface area contributed by atoms with Gasteiger partial charge in [-0.25, -0.2) is 0 Å². The van der Waals surface area contributed by atoms with Crippen LogP contribution in [0.4, 0.5) is 0 Å². The van der Waals surface area contributed by atoms with E-state index in [1.807, 2.05) is 30.5 Å². The number of piperidine rings is 1. The molecule has 4 rings (SSSR count). The van der Waals surface area contributed by atoms with Crippen LogP contribution in [0.15, 0.2) is 71.7 Å². The molecule has 3 heterocycles. The minimum absolute atomic E-state index is 0.0785. The van der Waals surface area contributed by atoms with Crippen LogP contribution < -0.4 is 5.56 Å². The fraction of sp³-hybridized carbons (Fsp3) is 0.286. The molecule has 3 aromatic rings. The highest BCUT2D eigenvalue weighted by Gasteiger charge is 2.21. The zero-order valence-electron chi connectivity index (χ0n) is 13.8. The zero-order chi connectivity index (χ0) is 16.4. The Morgan fingerprint density at radius 2 is 1.67 bits per heavy atom. The molecule has 122 valence electrons. The predicted molar refractivity (Wildman–Crippen MR) is 97.4 cm³/mol. The maximum Gasteiger partial charge on any atom is 0.255 e. The van der Waals surface area contributed by atoms with E-state index in [-0.39, 0.29) is 5.56 Å². The molecule has 0 unspecified atom stereocenters. The molecule has 24 heavy (non-hydrogen) atoms. The molecule has 1 fully saturated rings. The highest BCUT2D eigenvalue weighted by atomic mass is 16.1. The van der Waals surface area contributed by atoms with Crippen LogP contribution in [-0.4, -0.2) is 22.4 Å². The Morgan fingerprint density at radius 3 is 2.46 bits per heavy atom. The fourth-order valence-electron chi connectivity index (χ4n) is 3.70. The van der Waals surface area contributed by atoms with Crippen molar-refractivity contribution in [1.29, 1.82) is 0 Å². The molecule has 3 heteroatoms. The van der Waals surface area contributed by atoms with Gasteiger partial charge < -0.3 is 0 Å². The van der Waals surface area contributed by atoms with Crippen LogP contribution in [-0.2, 0) is 6.54 Å². The average molecular weight is 318 g/mol. The minimum Gasteiger partial charge on any atom is -0.299 e. The van der Waals surface area contributed by atoms with Crippen molar-refractivity contribution in [3.63, 3.8) is 0 Å². The lowest BCUT2D eigenvalue weighted by Gasteiger charge is -2.32. The van der Waals surface area contributed by atoms with Crippen molar-refractivity contribution in [2.24, 2.45) is 0 Å². The lowest BCUT2D eigenvalue weighted by atomic mass is 9.89. The first kappa shape index (κ1) is 15.2. The van der Waals surface area contributed by atoms with Gasteiger partial charge in [-0.1, -0.05) is 36.4 Å². The van der Waals surface area contributed by atoms with Crippen LogP contribution in [0, 0.1) is 0 Å². The summed E-state index contributed by atoms with van der Waals surface area (Å²) in [6.45, 7) is 3.20. The second kappa shape index (κ2) is 6.62. The lowest BCUT2D eigenvalue weighted by molar-refractivity contribution is 0.204. The van der Waals surface area contributed by atoms with Gasteiger partial charge in [-0.3, -0.25) is 14.1 Å². The molecule has 0 radical (unpaired) electrons. The molecular weight excluding hydrogens is 296 g/mol. The number of hydrogen-bond acceptors (Lipinski definition) is 2. The lowest BCUT2D eigenvalue weighted by Crippen LogP contribution is -2.32. The number of likely N-dealkylation sites (tertiary alicyclic amines) is 1. The number of rotatable bonds is 3. The first-order valence-corrected chi connectivity index (χ1v) is 8.67. The number of fused-ring (bicyclic) bond motifs is 1. The van der Waals surface area contributed by atoms with Gasteiger partial charge in [0.15, 0.2) is 0 Å². The van der Waals surface area contributed by atoms with Crippen molar-refractivity contribution < 1.29 is 0 Å². The summed E-state index contributed by atoms with van der Waals surface area (Å²) < 4.78 is 1.72. The van der Waals surface area contributed by atoms with Gasteiger partial charge in [0.25, 0.3) is 5.56 Å². The topological polar surface area (TPSA) is 24.7 Å². The van der Waals surface area contributed by atoms with Gasteiger partial charge in [0.1, 0.15) is 0 Å². The number of benzene rings is 1. The van der Waals surface area contributed by atoms with Crippen molar-refractivity contribution in [2.45, 2.75) is 25.3 Å². The first-order chi connectivity index (χ1) is 11.8. The summed E-state index contributed by atoms with van der Waals surface area (Å²) in [6.07, 6.45) is 4.08. The Hall–Kier alpha value is -2.39. The average Bonchev–Trinajstić information content (AvgIpc) is 2.63. The minimum atomic E-state index is 0.0785. The third-order valence-electron chi connectivity index (χ3n) is 5.04. The second-order valence-corrected chi connectivity index (χ2v) is 6.66. The third kappa shape index (κ3) is 3.13. The summed E-state index contributed by atoms with van der Waals surface area (Å²) in [5.74, 6) is 0.495. The number of aromatic nitrogens is 1. The van der Waals surface area contributed by atoms with Gasteiger partial charge in [-0.05, 0) is 61.2 Å². The van der Waals surface area contributed by atoms with Gasteiger partial charge >= 0.3 is 0 Å². The summed E-state index contributed by atoms with van der Waals surface area (Å²) in [5, 5.41) is 0. The SMILES string of the molecule is O=c1cc(C2CCN(Cc3ccccc3)CC2)cc2ccccn12. The molecule has 0 bridgehead atoms. The van der Waals surface area contributed by atoms with Gasteiger partial charge in [-0.15, -0.1) is 0 Å². The van der Waals surface area contributed by atoms with Crippen LogP contribution >= 0.6 is 0 Å². The first-order valence-electron chi connectivity index (χ1n) is 8.67. The molecule has 2 aromatic heterocycles. The monoisotopic (exact) mass is 318 g/mol. The van der Waals surface area contributed by atoms with Crippen molar-refractivity contribution in [2.75, 3.05) is 13.1 Å². The van der Waals surface area contributed by atoms with Crippen LogP contribution in [0.2, 0.25) is 0 Å². The molecule has 1 aliphatic rings. The van der Waals surface area contributed by atoms with E-state index >= 15 is 0 Å². The van der Waals surface area contributed by atoms with E-state index in [9.17, 15) is 4.79 Å². The number of hydrogen-bond donors (Lipinski definition) is 0. The summed E-state index contributed by atoms with van der Waals surface area (Å²) in [4.78, 5) is 14.8. The number of pyridine rings is 2. The molecular formula is C21H22N2O. The van der Waals surface area contributed by atoms with Crippen LogP contribution in [0.1, 0.15) is 29.9 Å². The number of nitrogens with zero attached hydrogens (tertiary/aromatic N) is 2. The Labute approximate surface area is 142 Å². The molecule has 0 N–H and O–H groups in total. The summed E-state index contributed by atoms with van der Waals surface area (Å²) in [7, 11) is 0. The Bertz CT molecular complexity index is 877. The van der Waals surface area contributed by atoms with E-state index in [0.717, 1.165) is 38.0 Å². The Balaban J connectivity index is 1.47. The van der Waals surface area contributed by atoms with Gasteiger partial charge in [0.05, 0.1) is 0 Å². The maximum absolute atomic E-state index is 12.3. The van der Waals surface area contributed by atoms with Gasteiger partial charge in [0.2, 0.25) is 0 Å². The van der Waals surface area contributed by atoms with E-state index in [1.165, 1.54) is 11.1 Å². The van der Waals surface area contributed by atoms with Crippen LogP contribution in [0.25, 0.3) is 5.52 Å². The van der Waals surface area contributed by atoms with Crippen LogP contribution in [0.3, 0.4) is 0 Å². The molecule has 0 aliphatic carbocycles. The molecule has 0 spiro atoms. The smallest absolute Gasteiger partial charge is 0.255 e. The van der Waals surface area contributed by atoms with Crippen molar-refractivity contribution in [1.82, 2.24) is 9.30 Å². The van der Waals surface area contributed by atoms with E-state index in [4.69, 9.17) is 0 Å². The Morgan fingerprint density at radius 1 is 0.917 bits per heavy atom. The normalized spacial score (nSPS) is 16.5. The van der Waals surface area contributed by atoms with E-state index in [2.05, 4.69) is 41.3 Å². The quantitative estimate of drug-likeness (QED) is 0.736. The van der Waals surface area contributed by atoms with Crippen molar-refractivity contribution in [3.05, 3.63) is 88.3 Å². The molecule has 1 saturated heterocycles. The van der Waals surface area contributed by atoms with Gasteiger partial charge in [0, 0.05) is 24.3 Å². The Kier molecular flexibility index (Phi) is 4.18. The molecule has 0 saturated carbocycles. The third-order valence-corrected chi connectivity index (χ3v) is 5.04. The summed E-state index contributed by atoms with van der Waals surface area (Å²) in [6, 6.07) is 20.5. The zero-order valence-corrected chi connectivity index (χ0v) is 13.8. The fourth-order valence-corrected chi connectivity index (χ4v) is 3.70. The highest BCUT2D eigenvalue weighted by Crippen LogP contribution is 2.28. The molecule has 1 aliphatic heterocycles. The van der Waals surface area contributed by atoms with Gasteiger partial charge in [-0.2, -0.15) is 0 Å².